The summed E-state index contributed by atoms with van der Waals surface area (Å²) < 4.78 is 32.0. The molecule has 0 radical (unpaired) electrons. The Balaban J connectivity index is 2.25. The van der Waals surface area contributed by atoms with Crippen LogP contribution in [0.25, 0.3) is 0 Å². The van der Waals surface area contributed by atoms with Gasteiger partial charge in [0.05, 0.1) is 19.1 Å². The maximum Gasteiger partial charge on any atom is 0.242 e. The topological polar surface area (TPSA) is 96.0 Å². The first-order valence-electron chi connectivity index (χ1n) is 13.3. The van der Waals surface area contributed by atoms with Crippen molar-refractivity contribution in [3.8, 4) is 5.75 Å². The molecule has 1 unspecified atom stereocenters. The number of amides is 2. The lowest BCUT2D eigenvalue weighted by Crippen LogP contribution is -2.49. The van der Waals surface area contributed by atoms with Crippen LogP contribution in [-0.2, 0) is 26.2 Å². The van der Waals surface area contributed by atoms with Crippen molar-refractivity contribution in [1.82, 2.24) is 10.2 Å². The number of carbonyl (C=O) groups is 2. The monoisotopic (exact) mass is 545 g/mol. The lowest BCUT2D eigenvalue weighted by Gasteiger charge is -2.31. The van der Waals surface area contributed by atoms with Crippen LogP contribution in [0.15, 0.2) is 42.5 Å². The van der Waals surface area contributed by atoms with Crippen molar-refractivity contribution in [1.29, 1.82) is 0 Å². The molecule has 210 valence electrons. The molecule has 0 spiro atoms. The number of ether oxygens (including phenoxy) is 1. The maximum atomic E-state index is 13.6. The van der Waals surface area contributed by atoms with Crippen molar-refractivity contribution in [3.05, 3.63) is 59.2 Å². The Kier molecular flexibility index (Phi) is 12.1. The van der Waals surface area contributed by atoms with E-state index in [1.54, 1.807) is 18.1 Å². The van der Waals surface area contributed by atoms with Gasteiger partial charge in [-0.05, 0) is 68.0 Å². The minimum Gasteiger partial charge on any atom is -0.497 e. The van der Waals surface area contributed by atoms with Crippen LogP contribution in [0.2, 0.25) is 0 Å². The molecule has 0 saturated heterocycles. The zero-order valence-corrected chi connectivity index (χ0v) is 24.4. The average molecular weight is 546 g/mol. The van der Waals surface area contributed by atoms with Gasteiger partial charge in [-0.25, -0.2) is 8.42 Å². The first-order valence-corrected chi connectivity index (χ1v) is 15.1. The average Bonchev–Trinajstić information content (AvgIpc) is 2.88. The Bertz CT molecular complexity index is 1180. The lowest BCUT2D eigenvalue weighted by atomic mass is 10.1. The zero-order valence-electron chi connectivity index (χ0n) is 23.6. The predicted octanol–water partition coefficient (Wildman–Crippen LogP) is 4.58. The number of methoxy groups -OCH3 is 1. The van der Waals surface area contributed by atoms with Gasteiger partial charge in [0.2, 0.25) is 21.8 Å². The first kappa shape index (κ1) is 31.1. The molecule has 2 aromatic rings. The van der Waals surface area contributed by atoms with E-state index in [-0.39, 0.29) is 31.3 Å². The van der Waals surface area contributed by atoms with Crippen LogP contribution in [0.3, 0.4) is 0 Å². The molecule has 0 aromatic heterocycles. The minimum absolute atomic E-state index is 0.111. The molecule has 0 fully saturated rings. The molecule has 1 N–H and O–H groups in total. The number of unbranched alkanes of at least 4 members (excludes halogenated alkanes) is 1. The Labute approximate surface area is 228 Å². The van der Waals surface area contributed by atoms with E-state index in [4.69, 9.17) is 4.74 Å². The van der Waals surface area contributed by atoms with Crippen molar-refractivity contribution >= 4 is 27.5 Å². The van der Waals surface area contributed by atoms with Crippen LogP contribution < -0.4 is 14.4 Å². The summed E-state index contributed by atoms with van der Waals surface area (Å²) >= 11 is 0. The van der Waals surface area contributed by atoms with E-state index in [1.165, 1.54) is 10.6 Å². The summed E-state index contributed by atoms with van der Waals surface area (Å²) in [5, 5.41) is 2.96. The van der Waals surface area contributed by atoms with Crippen LogP contribution in [0, 0.1) is 13.8 Å². The fourth-order valence-electron chi connectivity index (χ4n) is 4.38. The van der Waals surface area contributed by atoms with Crippen molar-refractivity contribution in [3.63, 3.8) is 0 Å². The fraction of sp³-hybridized carbons (Fsp3) is 0.517. The van der Waals surface area contributed by atoms with Crippen LogP contribution >= 0.6 is 0 Å². The van der Waals surface area contributed by atoms with Crippen molar-refractivity contribution < 1.29 is 22.7 Å². The van der Waals surface area contributed by atoms with Crippen LogP contribution in [-0.4, -0.2) is 57.6 Å². The number of sulfonamides is 1. The Hall–Kier alpha value is -3.07. The Morgan fingerprint density at radius 2 is 1.76 bits per heavy atom. The third-order valence-electron chi connectivity index (χ3n) is 6.70. The second kappa shape index (κ2) is 14.8. The van der Waals surface area contributed by atoms with Gasteiger partial charge in [0.15, 0.2) is 0 Å². The molecule has 0 bridgehead atoms. The highest BCUT2D eigenvalue weighted by Gasteiger charge is 2.29. The standard InChI is InChI=1S/C29H43N3O5S/c1-7-9-18-30-29(34)26(8-2)31(21-24-14-11-15-25(20-24)37-5)28(33)17-12-19-32(38(6,35)36)27-16-10-13-22(3)23(27)4/h10-11,13-16,20,26H,7-9,12,17-19,21H2,1-6H3,(H,30,34). The number of rotatable bonds is 15. The van der Waals surface area contributed by atoms with Gasteiger partial charge < -0.3 is 15.0 Å². The van der Waals surface area contributed by atoms with Gasteiger partial charge in [0.1, 0.15) is 11.8 Å². The number of hydrogen-bond acceptors (Lipinski definition) is 5. The maximum absolute atomic E-state index is 13.6. The van der Waals surface area contributed by atoms with Gasteiger partial charge in [-0.3, -0.25) is 13.9 Å². The molecule has 2 rings (SSSR count). The van der Waals surface area contributed by atoms with E-state index in [1.807, 2.05) is 57.2 Å². The van der Waals surface area contributed by atoms with Crippen LogP contribution in [0.1, 0.15) is 62.6 Å². The normalized spacial score (nSPS) is 12.1. The van der Waals surface area contributed by atoms with Crippen molar-refractivity contribution in [2.24, 2.45) is 0 Å². The highest BCUT2D eigenvalue weighted by Crippen LogP contribution is 2.26. The van der Waals surface area contributed by atoms with E-state index >= 15 is 0 Å². The Morgan fingerprint density at radius 1 is 1.05 bits per heavy atom. The molecule has 0 saturated carbocycles. The summed E-state index contributed by atoms with van der Waals surface area (Å²) in [6, 6.07) is 12.4. The second-order valence-corrected chi connectivity index (χ2v) is 11.5. The lowest BCUT2D eigenvalue weighted by molar-refractivity contribution is -0.141. The van der Waals surface area contributed by atoms with Crippen molar-refractivity contribution in [2.75, 3.05) is 30.8 Å². The largest absolute Gasteiger partial charge is 0.497 e. The highest BCUT2D eigenvalue weighted by molar-refractivity contribution is 7.92. The number of nitrogens with one attached hydrogen (secondary N) is 1. The first-order chi connectivity index (χ1) is 18.0. The molecular weight excluding hydrogens is 502 g/mol. The molecule has 38 heavy (non-hydrogen) atoms. The SMILES string of the molecule is CCCCNC(=O)C(CC)N(Cc1cccc(OC)c1)C(=O)CCCN(c1cccc(C)c1C)S(C)(=O)=O. The smallest absolute Gasteiger partial charge is 0.242 e. The molecule has 2 aromatic carbocycles. The molecule has 8 nitrogen and oxygen atoms in total. The van der Waals surface area contributed by atoms with Crippen LogP contribution in [0.4, 0.5) is 5.69 Å². The van der Waals surface area contributed by atoms with Gasteiger partial charge in [-0.1, -0.05) is 44.5 Å². The van der Waals surface area contributed by atoms with E-state index in [2.05, 4.69) is 12.2 Å². The van der Waals surface area contributed by atoms with Gasteiger partial charge in [0.25, 0.3) is 0 Å². The van der Waals surface area contributed by atoms with E-state index in [0.717, 1.165) is 29.5 Å². The minimum atomic E-state index is -3.55. The number of anilines is 1. The van der Waals surface area contributed by atoms with Gasteiger partial charge >= 0.3 is 0 Å². The molecule has 0 heterocycles. The third kappa shape index (κ3) is 8.75. The van der Waals surface area contributed by atoms with Gasteiger partial charge in [-0.15, -0.1) is 0 Å². The highest BCUT2D eigenvalue weighted by atomic mass is 32.2. The molecule has 2 amide bonds. The van der Waals surface area contributed by atoms with E-state index in [0.29, 0.717) is 30.8 Å². The summed E-state index contributed by atoms with van der Waals surface area (Å²) in [5.41, 5.74) is 3.36. The third-order valence-corrected chi connectivity index (χ3v) is 7.88. The molecule has 0 aliphatic carbocycles. The predicted molar refractivity (Wildman–Crippen MR) is 153 cm³/mol. The molecule has 1 atom stereocenters. The van der Waals surface area contributed by atoms with E-state index in [9.17, 15) is 18.0 Å². The number of benzene rings is 2. The van der Waals surface area contributed by atoms with Crippen LogP contribution in [0.5, 0.6) is 5.75 Å². The molecule has 0 aliphatic rings. The fourth-order valence-corrected chi connectivity index (χ4v) is 5.40. The van der Waals surface area contributed by atoms with Gasteiger partial charge in [-0.2, -0.15) is 0 Å². The quantitative estimate of drug-likeness (QED) is 0.331. The molecule has 0 aliphatic heterocycles. The number of nitrogens with zero attached hydrogens (tertiary/aromatic N) is 2. The zero-order chi connectivity index (χ0) is 28.3. The second-order valence-electron chi connectivity index (χ2n) is 9.60. The molecular formula is C29H43N3O5S. The van der Waals surface area contributed by atoms with E-state index < -0.39 is 16.1 Å². The summed E-state index contributed by atoms with van der Waals surface area (Å²) in [6.07, 6.45) is 3.90. The van der Waals surface area contributed by atoms with Crippen molar-refractivity contribution in [2.45, 2.75) is 72.4 Å². The number of hydrogen-bond donors (Lipinski definition) is 1. The number of aryl methyl sites for hydroxylation is 1. The molecule has 9 heteroatoms. The summed E-state index contributed by atoms with van der Waals surface area (Å²) in [5.74, 6) is 0.303. The summed E-state index contributed by atoms with van der Waals surface area (Å²) in [6.45, 7) is 8.76. The Morgan fingerprint density at radius 3 is 2.39 bits per heavy atom. The summed E-state index contributed by atoms with van der Waals surface area (Å²) in [7, 11) is -1.96. The summed E-state index contributed by atoms with van der Waals surface area (Å²) in [4.78, 5) is 28.2. The number of carbonyl (C=O) groups excluding carboxylic acids is 2. The van der Waals surface area contributed by atoms with Gasteiger partial charge in [0, 0.05) is 26.1 Å².